The summed E-state index contributed by atoms with van der Waals surface area (Å²) >= 11 is 0. The lowest BCUT2D eigenvalue weighted by atomic mass is 9.93. The number of hydrogen-bond donors (Lipinski definition) is 4. The number of hydrogen-bond acceptors (Lipinski definition) is 8. The fourth-order valence-electron chi connectivity index (χ4n) is 4.25. The molecule has 1 aliphatic carbocycles. The first-order valence-corrected chi connectivity index (χ1v) is 11.5. The molecule has 4 rings (SSSR count). The minimum absolute atomic E-state index is 0.173. The highest BCUT2D eigenvalue weighted by Crippen LogP contribution is 2.28. The van der Waals surface area contributed by atoms with Gasteiger partial charge in [0.15, 0.2) is 5.82 Å². The van der Waals surface area contributed by atoms with Crippen LogP contribution in [0.4, 0.5) is 21.8 Å². The van der Waals surface area contributed by atoms with Crippen LogP contribution < -0.4 is 20.9 Å². The molecule has 0 bridgehead atoms. The van der Waals surface area contributed by atoms with Crippen LogP contribution in [0.5, 0.6) is 0 Å². The van der Waals surface area contributed by atoms with Crippen LogP contribution in [-0.4, -0.2) is 53.9 Å². The zero-order valence-electron chi connectivity index (χ0n) is 20.0. The summed E-state index contributed by atoms with van der Waals surface area (Å²) in [6.07, 6.45) is 8.19. The summed E-state index contributed by atoms with van der Waals surface area (Å²) < 4.78 is 14.7. The van der Waals surface area contributed by atoms with E-state index in [-0.39, 0.29) is 17.6 Å². The van der Waals surface area contributed by atoms with Gasteiger partial charge in [-0.25, -0.2) is 19.3 Å². The Morgan fingerprint density at radius 3 is 2.62 bits per heavy atom. The Balaban J connectivity index is 1.61. The Labute approximate surface area is 199 Å². The Morgan fingerprint density at radius 2 is 1.94 bits per heavy atom. The molecule has 1 aliphatic heterocycles. The number of pyridine rings is 1. The van der Waals surface area contributed by atoms with Gasteiger partial charge in [-0.3, -0.25) is 0 Å². The topological polar surface area (TPSA) is 102 Å². The van der Waals surface area contributed by atoms with Crippen molar-refractivity contribution < 1.29 is 4.39 Å². The smallest absolute Gasteiger partial charge is 0.229 e. The van der Waals surface area contributed by atoms with Crippen LogP contribution in [0, 0.1) is 24.1 Å². The molecule has 2 aromatic heterocycles. The van der Waals surface area contributed by atoms with E-state index < -0.39 is 5.82 Å². The second-order valence-corrected chi connectivity index (χ2v) is 8.69. The summed E-state index contributed by atoms with van der Waals surface area (Å²) in [4.78, 5) is 15.4. The number of allylic oxidation sites excluding steroid dienone is 6. The first-order chi connectivity index (χ1) is 16.4. The standard InChI is InChI=1S/C25H31FN8/c1-15(2)23(28-4)18-12-17(5-6-20(18)27)24-19(26)13-31-25(33-24)32-22-11-16(3)21(14-30-22)34-9-7-29-8-10-34/h5-6,11-15,27-29H,7-10H2,1-4H3,(H,30,31,32,33)/b23-18-,27-20?. The van der Waals surface area contributed by atoms with E-state index in [0.29, 0.717) is 17.1 Å². The van der Waals surface area contributed by atoms with Crippen molar-refractivity contribution in [2.45, 2.75) is 20.8 Å². The summed E-state index contributed by atoms with van der Waals surface area (Å²) in [5.41, 5.74) is 4.98. The van der Waals surface area contributed by atoms with Crippen molar-refractivity contribution in [1.82, 2.24) is 25.6 Å². The molecule has 0 atom stereocenters. The van der Waals surface area contributed by atoms with E-state index in [1.54, 1.807) is 18.2 Å². The third kappa shape index (κ3) is 4.99. The number of anilines is 3. The third-order valence-electron chi connectivity index (χ3n) is 5.95. The summed E-state index contributed by atoms with van der Waals surface area (Å²) in [6, 6.07) is 1.95. The second kappa shape index (κ2) is 10.1. The molecule has 34 heavy (non-hydrogen) atoms. The molecule has 0 radical (unpaired) electrons. The molecule has 178 valence electrons. The Bertz CT molecular complexity index is 1180. The van der Waals surface area contributed by atoms with Crippen molar-refractivity contribution in [1.29, 1.82) is 5.41 Å². The van der Waals surface area contributed by atoms with Gasteiger partial charge in [-0.1, -0.05) is 19.9 Å². The quantitative estimate of drug-likeness (QED) is 0.521. The van der Waals surface area contributed by atoms with Gasteiger partial charge in [0.1, 0.15) is 11.5 Å². The average molecular weight is 463 g/mol. The molecule has 4 N–H and O–H groups in total. The minimum Gasteiger partial charge on any atom is -0.391 e. The summed E-state index contributed by atoms with van der Waals surface area (Å²) in [5, 5.41) is 17.9. The van der Waals surface area contributed by atoms with Crippen molar-refractivity contribution in [3.05, 3.63) is 65.0 Å². The number of rotatable bonds is 6. The fraction of sp³-hybridized carbons (Fsp3) is 0.360. The Hall–Kier alpha value is -3.59. The van der Waals surface area contributed by atoms with Crippen molar-refractivity contribution in [3.63, 3.8) is 0 Å². The zero-order chi connectivity index (χ0) is 24.2. The molecule has 0 spiro atoms. The van der Waals surface area contributed by atoms with Gasteiger partial charge in [0, 0.05) is 50.1 Å². The molecule has 0 aromatic carbocycles. The van der Waals surface area contributed by atoms with Gasteiger partial charge in [-0.05, 0) is 36.6 Å². The van der Waals surface area contributed by atoms with Crippen LogP contribution in [0.15, 0.2) is 48.0 Å². The predicted octanol–water partition coefficient (Wildman–Crippen LogP) is 3.57. The van der Waals surface area contributed by atoms with E-state index in [9.17, 15) is 4.39 Å². The van der Waals surface area contributed by atoms with Crippen molar-refractivity contribution in [2.75, 3.05) is 43.4 Å². The second-order valence-electron chi connectivity index (χ2n) is 8.69. The molecular formula is C25H31FN8. The lowest BCUT2D eigenvalue weighted by Crippen LogP contribution is -2.43. The Morgan fingerprint density at radius 1 is 1.18 bits per heavy atom. The van der Waals surface area contributed by atoms with E-state index in [0.717, 1.165) is 54.9 Å². The SMILES string of the molecule is CN/C(=C1/C=C(c2nc(Nc3cc(C)c(N4CCNCC4)cn3)ncc2F)C=CC1=N)C(C)C. The van der Waals surface area contributed by atoms with Gasteiger partial charge in [0.25, 0.3) is 0 Å². The van der Waals surface area contributed by atoms with Gasteiger partial charge in [0.05, 0.1) is 23.8 Å². The average Bonchev–Trinajstić information content (AvgIpc) is 2.82. The molecule has 3 heterocycles. The number of halogens is 1. The van der Waals surface area contributed by atoms with Crippen molar-refractivity contribution in [2.24, 2.45) is 5.92 Å². The number of nitrogens with one attached hydrogen (secondary N) is 4. The number of aromatic nitrogens is 3. The number of aryl methyl sites for hydroxylation is 1. The lowest BCUT2D eigenvalue weighted by Gasteiger charge is -2.30. The van der Waals surface area contributed by atoms with Crippen LogP contribution in [0.2, 0.25) is 0 Å². The maximum absolute atomic E-state index is 14.7. The van der Waals surface area contributed by atoms with Crippen LogP contribution in [0.3, 0.4) is 0 Å². The molecule has 9 heteroatoms. The molecule has 0 unspecified atom stereocenters. The summed E-state index contributed by atoms with van der Waals surface area (Å²) in [5.74, 6) is 0.524. The number of nitrogens with zero attached hydrogens (tertiary/aromatic N) is 4. The fourth-order valence-corrected chi connectivity index (χ4v) is 4.25. The first kappa shape index (κ1) is 23.6. The maximum atomic E-state index is 14.7. The number of piperazine rings is 1. The monoisotopic (exact) mass is 462 g/mol. The van der Waals surface area contributed by atoms with Gasteiger partial charge < -0.3 is 26.3 Å². The summed E-state index contributed by atoms with van der Waals surface area (Å²) in [7, 11) is 1.83. The molecule has 1 fully saturated rings. The van der Waals surface area contributed by atoms with Crippen LogP contribution in [-0.2, 0) is 0 Å². The highest BCUT2D eigenvalue weighted by molar-refractivity contribution is 6.13. The normalized spacial score (nSPS) is 17.6. The first-order valence-electron chi connectivity index (χ1n) is 11.5. The molecule has 0 amide bonds. The van der Waals surface area contributed by atoms with E-state index in [1.165, 1.54) is 0 Å². The van der Waals surface area contributed by atoms with Crippen molar-refractivity contribution >= 4 is 28.7 Å². The van der Waals surface area contributed by atoms with E-state index in [1.807, 2.05) is 33.2 Å². The third-order valence-corrected chi connectivity index (χ3v) is 5.95. The molecule has 1 saturated heterocycles. The van der Waals surface area contributed by atoms with Gasteiger partial charge in [-0.15, -0.1) is 0 Å². The Kier molecular flexibility index (Phi) is 7.02. The molecule has 0 saturated carbocycles. The summed E-state index contributed by atoms with van der Waals surface area (Å²) in [6.45, 7) is 9.96. The van der Waals surface area contributed by atoms with E-state index in [4.69, 9.17) is 5.41 Å². The van der Waals surface area contributed by atoms with E-state index >= 15 is 0 Å². The highest BCUT2D eigenvalue weighted by atomic mass is 19.1. The highest BCUT2D eigenvalue weighted by Gasteiger charge is 2.19. The van der Waals surface area contributed by atoms with Crippen molar-refractivity contribution in [3.8, 4) is 0 Å². The predicted molar refractivity (Wildman–Crippen MR) is 135 cm³/mol. The largest absolute Gasteiger partial charge is 0.391 e. The molecule has 2 aromatic rings. The lowest BCUT2D eigenvalue weighted by molar-refractivity contribution is 0.588. The van der Waals surface area contributed by atoms with Gasteiger partial charge >= 0.3 is 0 Å². The zero-order valence-corrected chi connectivity index (χ0v) is 20.0. The van der Waals surface area contributed by atoms with Crippen LogP contribution in [0.1, 0.15) is 25.1 Å². The maximum Gasteiger partial charge on any atom is 0.229 e. The van der Waals surface area contributed by atoms with E-state index in [2.05, 4.69) is 42.7 Å². The van der Waals surface area contributed by atoms with Crippen LogP contribution in [0.25, 0.3) is 5.57 Å². The molecular weight excluding hydrogens is 431 g/mol. The molecule has 2 aliphatic rings. The van der Waals surface area contributed by atoms with Crippen LogP contribution >= 0.6 is 0 Å². The minimum atomic E-state index is -0.525. The van der Waals surface area contributed by atoms with Gasteiger partial charge in [0.2, 0.25) is 5.95 Å². The van der Waals surface area contributed by atoms with Gasteiger partial charge in [-0.2, -0.15) is 0 Å². The molecule has 8 nitrogen and oxygen atoms in total.